The lowest BCUT2D eigenvalue weighted by Gasteiger charge is -2.17. The molecule has 4 nitrogen and oxygen atoms in total. The van der Waals surface area contributed by atoms with Crippen molar-refractivity contribution in [2.45, 2.75) is 26.1 Å². The van der Waals surface area contributed by atoms with Crippen molar-refractivity contribution in [1.29, 1.82) is 5.26 Å². The van der Waals surface area contributed by atoms with Crippen LogP contribution in [0.1, 0.15) is 13.8 Å². The summed E-state index contributed by atoms with van der Waals surface area (Å²) in [6.45, 7) is 2.51. The van der Waals surface area contributed by atoms with Crippen LogP contribution in [0.5, 0.6) is 0 Å². The van der Waals surface area contributed by atoms with Crippen molar-refractivity contribution in [1.82, 2.24) is 5.32 Å². The molecule has 0 bridgehead atoms. The van der Waals surface area contributed by atoms with Crippen molar-refractivity contribution in [2.75, 3.05) is 13.2 Å². The molecule has 0 aliphatic carbocycles. The van der Waals surface area contributed by atoms with Gasteiger partial charge in [0.15, 0.2) is 5.92 Å². The smallest absolute Gasteiger partial charge is 0.405 e. The van der Waals surface area contributed by atoms with E-state index in [1.807, 2.05) is 0 Å². The highest BCUT2D eigenvalue weighted by Crippen LogP contribution is 2.24. The van der Waals surface area contributed by atoms with Gasteiger partial charge in [-0.1, -0.05) is 0 Å². The van der Waals surface area contributed by atoms with Crippen molar-refractivity contribution < 1.29 is 22.7 Å². The van der Waals surface area contributed by atoms with Crippen LogP contribution in [-0.4, -0.2) is 31.3 Å². The van der Waals surface area contributed by atoms with Gasteiger partial charge >= 0.3 is 12.1 Å². The number of alkyl halides is 3. The second-order valence-electron chi connectivity index (χ2n) is 3.11. The lowest BCUT2D eigenvalue weighted by Crippen LogP contribution is -2.41. The molecule has 1 N–H and O–H groups in total. The fourth-order valence-corrected chi connectivity index (χ4v) is 0.880. The van der Waals surface area contributed by atoms with E-state index in [4.69, 9.17) is 5.26 Å². The zero-order chi connectivity index (χ0) is 12.8. The normalized spacial score (nSPS) is 15.0. The third-order valence-corrected chi connectivity index (χ3v) is 1.82. The number of esters is 1. The third-order valence-electron chi connectivity index (χ3n) is 1.82. The highest BCUT2D eigenvalue weighted by atomic mass is 19.4. The molecule has 0 aromatic rings. The van der Waals surface area contributed by atoms with Crippen LogP contribution in [0.4, 0.5) is 13.2 Å². The first-order valence-electron chi connectivity index (χ1n) is 4.69. The van der Waals surface area contributed by atoms with Gasteiger partial charge < -0.3 is 10.1 Å². The van der Waals surface area contributed by atoms with Gasteiger partial charge in [0.05, 0.1) is 12.7 Å². The summed E-state index contributed by atoms with van der Waals surface area (Å²) in [6, 6.07) is 0.266. The molecular formula is C9H13F3N2O2. The van der Waals surface area contributed by atoms with E-state index in [0.29, 0.717) is 0 Å². The Balaban J connectivity index is 4.14. The molecule has 0 radical (unpaired) electrons. The first-order valence-corrected chi connectivity index (χ1v) is 4.69. The second kappa shape index (κ2) is 6.33. The van der Waals surface area contributed by atoms with Gasteiger partial charge in [0, 0.05) is 6.54 Å². The highest BCUT2D eigenvalue weighted by Gasteiger charge is 2.40. The quantitative estimate of drug-likeness (QED) is 0.732. The summed E-state index contributed by atoms with van der Waals surface area (Å²) >= 11 is 0. The fraction of sp³-hybridized carbons (Fsp3) is 0.778. The summed E-state index contributed by atoms with van der Waals surface area (Å²) in [4.78, 5) is 11.0. The lowest BCUT2D eigenvalue weighted by molar-refractivity contribution is -0.159. The minimum absolute atomic E-state index is 0.159. The Kier molecular flexibility index (Phi) is 5.82. The number of nitriles is 1. The van der Waals surface area contributed by atoms with Crippen LogP contribution in [0.3, 0.4) is 0 Å². The van der Waals surface area contributed by atoms with Gasteiger partial charge in [-0.15, -0.1) is 0 Å². The van der Waals surface area contributed by atoms with E-state index in [-0.39, 0.29) is 6.61 Å². The maximum Gasteiger partial charge on any atom is 0.405 e. The summed E-state index contributed by atoms with van der Waals surface area (Å²) in [5.74, 6) is -2.76. The molecule has 0 rings (SSSR count). The SMILES string of the molecule is CCOC(=O)C(C)NCC(C#N)C(F)(F)F. The Bertz CT molecular complexity index is 273. The van der Waals surface area contributed by atoms with E-state index >= 15 is 0 Å². The summed E-state index contributed by atoms with van der Waals surface area (Å²) < 4.78 is 41.0. The zero-order valence-corrected chi connectivity index (χ0v) is 8.97. The molecule has 2 unspecified atom stereocenters. The molecule has 0 saturated heterocycles. The van der Waals surface area contributed by atoms with E-state index in [2.05, 4.69) is 10.1 Å². The Hall–Kier alpha value is -1.29. The molecule has 0 aromatic heterocycles. The van der Waals surface area contributed by atoms with Crippen molar-refractivity contribution in [3.63, 3.8) is 0 Å². The highest BCUT2D eigenvalue weighted by molar-refractivity contribution is 5.75. The monoisotopic (exact) mass is 238 g/mol. The van der Waals surface area contributed by atoms with Crippen LogP contribution in [0.25, 0.3) is 0 Å². The molecule has 0 fully saturated rings. The summed E-state index contributed by atoms with van der Waals surface area (Å²) in [7, 11) is 0. The summed E-state index contributed by atoms with van der Waals surface area (Å²) in [5.41, 5.74) is 0. The molecule has 7 heteroatoms. The zero-order valence-electron chi connectivity index (χ0n) is 8.97. The van der Waals surface area contributed by atoms with Crippen LogP contribution < -0.4 is 5.32 Å². The van der Waals surface area contributed by atoms with Gasteiger partial charge in [-0.05, 0) is 13.8 Å². The van der Waals surface area contributed by atoms with E-state index in [1.54, 1.807) is 6.92 Å². The number of halogens is 3. The second-order valence-corrected chi connectivity index (χ2v) is 3.11. The number of rotatable bonds is 5. The molecule has 2 atom stereocenters. The van der Waals surface area contributed by atoms with Gasteiger partial charge in [-0.25, -0.2) is 0 Å². The molecule has 0 aromatic carbocycles. The average Bonchev–Trinajstić information content (AvgIpc) is 2.16. The number of hydrogen-bond donors (Lipinski definition) is 1. The Morgan fingerprint density at radius 2 is 2.12 bits per heavy atom. The van der Waals surface area contributed by atoms with Gasteiger partial charge in [0.2, 0.25) is 0 Å². The molecule has 0 aliphatic rings. The van der Waals surface area contributed by atoms with E-state index in [9.17, 15) is 18.0 Å². The first-order chi connectivity index (χ1) is 7.32. The maximum atomic E-state index is 12.1. The van der Waals surface area contributed by atoms with Crippen molar-refractivity contribution in [2.24, 2.45) is 5.92 Å². The lowest BCUT2D eigenvalue weighted by atomic mass is 10.1. The molecule has 16 heavy (non-hydrogen) atoms. The summed E-state index contributed by atoms with van der Waals surface area (Å²) in [5, 5.41) is 10.6. The predicted molar refractivity (Wildman–Crippen MR) is 49.3 cm³/mol. The fourth-order valence-electron chi connectivity index (χ4n) is 0.880. The minimum Gasteiger partial charge on any atom is -0.465 e. The van der Waals surface area contributed by atoms with Gasteiger partial charge in [0.25, 0.3) is 0 Å². The standard InChI is InChI=1S/C9H13F3N2O2/c1-3-16-8(15)6(2)14-5-7(4-13)9(10,11)12/h6-7,14H,3,5H2,1-2H3. The topological polar surface area (TPSA) is 62.1 Å². The number of ether oxygens (including phenoxy) is 1. The maximum absolute atomic E-state index is 12.1. The molecule has 0 saturated carbocycles. The van der Waals surface area contributed by atoms with Crippen molar-refractivity contribution in [3.05, 3.63) is 0 Å². The third kappa shape index (κ3) is 4.98. The number of carbonyl (C=O) groups is 1. The molecule has 0 spiro atoms. The number of nitrogens with one attached hydrogen (secondary N) is 1. The van der Waals surface area contributed by atoms with Crippen molar-refractivity contribution in [3.8, 4) is 6.07 Å². The van der Waals surface area contributed by atoms with Crippen LogP contribution >= 0.6 is 0 Å². The average molecular weight is 238 g/mol. The number of carbonyl (C=O) groups excluding carboxylic acids is 1. The van der Waals surface area contributed by atoms with E-state index in [0.717, 1.165) is 6.07 Å². The summed E-state index contributed by atoms with van der Waals surface area (Å²) in [6.07, 6.45) is -4.59. The largest absolute Gasteiger partial charge is 0.465 e. The van der Waals surface area contributed by atoms with Crippen LogP contribution in [-0.2, 0) is 9.53 Å². The Labute approximate surface area is 91.4 Å². The molecule has 0 heterocycles. The van der Waals surface area contributed by atoms with E-state index < -0.39 is 30.7 Å². The molecule has 0 amide bonds. The first kappa shape index (κ1) is 14.7. The Morgan fingerprint density at radius 3 is 2.50 bits per heavy atom. The Morgan fingerprint density at radius 1 is 1.56 bits per heavy atom. The molecule has 0 aliphatic heterocycles. The number of hydrogen-bond acceptors (Lipinski definition) is 4. The van der Waals surface area contributed by atoms with Gasteiger partial charge in [-0.2, -0.15) is 18.4 Å². The predicted octanol–water partition coefficient (Wildman–Crippen LogP) is 1.23. The van der Waals surface area contributed by atoms with Crippen LogP contribution in [0.15, 0.2) is 0 Å². The van der Waals surface area contributed by atoms with Crippen molar-refractivity contribution >= 4 is 5.97 Å². The van der Waals surface area contributed by atoms with Gasteiger partial charge in [-0.3, -0.25) is 4.79 Å². The van der Waals surface area contributed by atoms with Crippen LogP contribution in [0, 0.1) is 17.2 Å². The number of nitrogens with zero attached hydrogens (tertiary/aromatic N) is 1. The minimum atomic E-state index is -4.59. The van der Waals surface area contributed by atoms with Crippen LogP contribution in [0.2, 0.25) is 0 Å². The molecular weight excluding hydrogens is 225 g/mol. The van der Waals surface area contributed by atoms with Gasteiger partial charge in [0.1, 0.15) is 6.04 Å². The molecule has 92 valence electrons. The van der Waals surface area contributed by atoms with E-state index in [1.165, 1.54) is 6.92 Å².